The highest BCUT2D eigenvalue weighted by Gasteiger charge is 2.27. The molecular weight excluding hydrogens is 378 g/mol. The molecular formula is C28H33N3. The number of anilines is 1. The predicted molar refractivity (Wildman–Crippen MR) is 130 cm³/mol. The zero-order chi connectivity index (χ0) is 20.8. The van der Waals surface area contributed by atoms with Crippen molar-refractivity contribution in [2.75, 3.05) is 5.32 Å². The van der Waals surface area contributed by atoms with Gasteiger partial charge in [0.25, 0.3) is 0 Å². The van der Waals surface area contributed by atoms with Gasteiger partial charge in [-0.25, -0.2) is 0 Å². The largest absolute Gasteiger partial charge is 0.359 e. The van der Waals surface area contributed by atoms with Gasteiger partial charge in [-0.1, -0.05) is 43.0 Å². The third kappa shape index (κ3) is 3.70. The fourth-order valence-corrected chi connectivity index (χ4v) is 5.98. The molecule has 1 saturated carbocycles. The smallest absolute Gasteiger partial charge is 0.0478 e. The van der Waals surface area contributed by atoms with Crippen molar-refractivity contribution in [3.63, 3.8) is 0 Å². The molecule has 3 heteroatoms. The van der Waals surface area contributed by atoms with E-state index in [0.29, 0.717) is 12.1 Å². The lowest BCUT2D eigenvalue weighted by Crippen LogP contribution is -2.36. The van der Waals surface area contributed by atoms with Gasteiger partial charge >= 0.3 is 0 Å². The quantitative estimate of drug-likeness (QED) is 0.442. The van der Waals surface area contributed by atoms with Crippen LogP contribution >= 0.6 is 0 Å². The van der Waals surface area contributed by atoms with Crippen LogP contribution in [-0.4, -0.2) is 11.0 Å². The molecule has 1 unspecified atom stereocenters. The second-order valence-electron chi connectivity index (χ2n) is 9.90. The van der Waals surface area contributed by atoms with Crippen LogP contribution in [0, 0.1) is 6.92 Å². The molecule has 0 saturated heterocycles. The third-order valence-corrected chi connectivity index (χ3v) is 7.57. The molecule has 1 atom stereocenters. The second-order valence-corrected chi connectivity index (χ2v) is 9.90. The van der Waals surface area contributed by atoms with Crippen molar-refractivity contribution in [3.8, 4) is 0 Å². The molecule has 160 valence electrons. The molecule has 0 spiro atoms. The molecule has 2 aromatic carbocycles. The second kappa shape index (κ2) is 7.87. The minimum Gasteiger partial charge on any atom is -0.359 e. The summed E-state index contributed by atoms with van der Waals surface area (Å²) in [6.07, 6.45) is 13.9. The van der Waals surface area contributed by atoms with E-state index in [-0.39, 0.29) is 0 Å². The van der Waals surface area contributed by atoms with E-state index in [9.17, 15) is 0 Å². The average molecular weight is 412 g/mol. The Balaban J connectivity index is 1.25. The fraction of sp³-hybridized carbons (Fsp3) is 0.429. The first-order valence-corrected chi connectivity index (χ1v) is 12.2. The Kier molecular flexibility index (Phi) is 4.87. The molecule has 6 rings (SSSR count). The first-order chi connectivity index (χ1) is 15.2. The number of benzene rings is 2. The minimum absolute atomic E-state index is 0.492. The van der Waals surface area contributed by atoms with Gasteiger partial charge in [-0.15, -0.1) is 0 Å². The first-order valence-electron chi connectivity index (χ1n) is 12.2. The Morgan fingerprint density at radius 3 is 2.74 bits per heavy atom. The highest BCUT2D eigenvalue weighted by molar-refractivity contribution is 5.88. The summed E-state index contributed by atoms with van der Waals surface area (Å²) in [4.78, 5) is 3.79. The van der Waals surface area contributed by atoms with E-state index in [1.807, 2.05) is 0 Å². The Morgan fingerprint density at radius 1 is 0.935 bits per heavy atom. The third-order valence-electron chi connectivity index (χ3n) is 7.57. The van der Waals surface area contributed by atoms with Gasteiger partial charge in [0.05, 0.1) is 0 Å². The zero-order valence-corrected chi connectivity index (χ0v) is 18.6. The maximum absolute atomic E-state index is 4.01. The van der Waals surface area contributed by atoms with Gasteiger partial charge in [0, 0.05) is 46.5 Å². The molecule has 3 N–H and O–H groups in total. The number of H-pyrrole nitrogens is 1. The standard InChI is InChI=1S/C28H33N3/c1-18-10-11-19-15-23(16-20(19)14-18)29-22-12-13-26-25(17-22)24-8-5-9-27(28(24)31-26)30-21-6-3-2-4-7-21/h10-14,16-17,21,27,29-31H,2-9,15H2,1H3. The number of fused-ring (bicyclic) bond motifs is 4. The number of hydrogen-bond acceptors (Lipinski definition) is 2. The maximum atomic E-state index is 4.01. The van der Waals surface area contributed by atoms with Gasteiger partial charge in [-0.2, -0.15) is 0 Å². The van der Waals surface area contributed by atoms with Gasteiger partial charge in [-0.3, -0.25) is 0 Å². The van der Waals surface area contributed by atoms with E-state index < -0.39 is 0 Å². The normalized spacial score (nSPS) is 21.1. The van der Waals surface area contributed by atoms with E-state index in [1.165, 1.54) is 102 Å². The van der Waals surface area contributed by atoms with Crippen molar-refractivity contribution in [1.82, 2.24) is 10.3 Å². The minimum atomic E-state index is 0.492. The van der Waals surface area contributed by atoms with Crippen molar-refractivity contribution >= 4 is 22.7 Å². The zero-order valence-electron chi connectivity index (χ0n) is 18.6. The van der Waals surface area contributed by atoms with Crippen LogP contribution in [-0.2, 0) is 12.8 Å². The first kappa shape index (κ1) is 19.2. The molecule has 3 aliphatic rings. The van der Waals surface area contributed by atoms with Crippen molar-refractivity contribution in [2.24, 2.45) is 0 Å². The van der Waals surface area contributed by atoms with E-state index in [4.69, 9.17) is 0 Å². The highest BCUT2D eigenvalue weighted by atomic mass is 15.0. The summed E-state index contributed by atoms with van der Waals surface area (Å²) in [5.74, 6) is 0. The van der Waals surface area contributed by atoms with E-state index in [2.05, 4.69) is 65.0 Å². The van der Waals surface area contributed by atoms with Crippen LogP contribution in [0.4, 0.5) is 5.69 Å². The van der Waals surface area contributed by atoms with Crippen LogP contribution in [0.3, 0.4) is 0 Å². The number of aromatic amines is 1. The number of allylic oxidation sites excluding steroid dienone is 1. The van der Waals surface area contributed by atoms with Crippen LogP contribution in [0.2, 0.25) is 0 Å². The van der Waals surface area contributed by atoms with Crippen LogP contribution in [0.1, 0.15) is 78.9 Å². The molecule has 3 aromatic rings. The Labute approximate surface area is 185 Å². The van der Waals surface area contributed by atoms with Gasteiger partial charge < -0.3 is 15.6 Å². The van der Waals surface area contributed by atoms with Crippen molar-refractivity contribution in [1.29, 1.82) is 0 Å². The maximum Gasteiger partial charge on any atom is 0.0478 e. The van der Waals surface area contributed by atoms with E-state index >= 15 is 0 Å². The summed E-state index contributed by atoms with van der Waals surface area (Å²) in [6, 6.07) is 14.8. The predicted octanol–water partition coefficient (Wildman–Crippen LogP) is 6.79. The van der Waals surface area contributed by atoms with Crippen molar-refractivity contribution < 1.29 is 0 Å². The van der Waals surface area contributed by atoms with E-state index in [1.54, 1.807) is 0 Å². The molecule has 0 aliphatic heterocycles. The van der Waals surface area contributed by atoms with Gasteiger partial charge in [0.1, 0.15) is 0 Å². The fourth-order valence-electron chi connectivity index (χ4n) is 5.98. The van der Waals surface area contributed by atoms with E-state index in [0.717, 1.165) is 6.42 Å². The van der Waals surface area contributed by atoms with Gasteiger partial charge in [-0.05, 0) is 80.0 Å². The summed E-state index contributed by atoms with van der Waals surface area (Å²) in [6.45, 7) is 2.17. The summed E-state index contributed by atoms with van der Waals surface area (Å²) >= 11 is 0. The van der Waals surface area contributed by atoms with Crippen molar-refractivity contribution in [3.05, 3.63) is 70.0 Å². The molecule has 31 heavy (non-hydrogen) atoms. The van der Waals surface area contributed by atoms with Gasteiger partial charge in [0.2, 0.25) is 0 Å². The summed E-state index contributed by atoms with van der Waals surface area (Å²) in [7, 11) is 0. The SMILES string of the molecule is Cc1ccc2c(c1)C=C(Nc1ccc3[nH]c4c(c3c1)CCCC4NC1CCCCC1)C2. The molecule has 1 fully saturated rings. The molecule has 1 aromatic heterocycles. The molecule has 0 amide bonds. The van der Waals surface area contributed by atoms with Crippen LogP contribution in [0.15, 0.2) is 42.1 Å². The monoisotopic (exact) mass is 411 g/mol. The van der Waals surface area contributed by atoms with Gasteiger partial charge in [0.15, 0.2) is 0 Å². The number of aromatic nitrogens is 1. The van der Waals surface area contributed by atoms with Crippen LogP contribution in [0.5, 0.6) is 0 Å². The lowest BCUT2D eigenvalue weighted by atomic mass is 9.89. The number of aryl methyl sites for hydroxylation is 2. The molecule has 0 bridgehead atoms. The van der Waals surface area contributed by atoms with Crippen molar-refractivity contribution in [2.45, 2.75) is 76.8 Å². The number of rotatable bonds is 4. The molecule has 3 nitrogen and oxygen atoms in total. The Hall–Kier alpha value is -2.52. The highest BCUT2D eigenvalue weighted by Crippen LogP contribution is 2.37. The molecule has 3 aliphatic carbocycles. The topological polar surface area (TPSA) is 39.9 Å². The lowest BCUT2D eigenvalue weighted by molar-refractivity contribution is 0.318. The number of nitrogens with one attached hydrogen (secondary N) is 3. The lowest BCUT2D eigenvalue weighted by Gasteiger charge is -2.31. The summed E-state index contributed by atoms with van der Waals surface area (Å²) in [5, 5.41) is 9.12. The molecule has 1 heterocycles. The average Bonchev–Trinajstić information content (AvgIpc) is 3.35. The van der Waals surface area contributed by atoms with Crippen LogP contribution < -0.4 is 10.6 Å². The van der Waals surface area contributed by atoms with Crippen LogP contribution in [0.25, 0.3) is 17.0 Å². The summed E-state index contributed by atoms with van der Waals surface area (Å²) in [5.41, 5.74) is 10.9. The summed E-state index contributed by atoms with van der Waals surface area (Å²) < 4.78 is 0. The number of hydrogen-bond donors (Lipinski definition) is 3. The Bertz CT molecular complexity index is 1150. The Morgan fingerprint density at radius 2 is 1.84 bits per heavy atom. The molecule has 0 radical (unpaired) electrons.